The van der Waals surface area contributed by atoms with Gasteiger partial charge in [0.05, 0.1) is 10.8 Å². The van der Waals surface area contributed by atoms with Crippen LogP contribution in [0, 0.1) is 6.92 Å². The van der Waals surface area contributed by atoms with Gasteiger partial charge in [0.1, 0.15) is 22.0 Å². The van der Waals surface area contributed by atoms with Crippen LogP contribution < -0.4 is 5.32 Å². The summed E-state index contributed by atoms with van der Waals surface area (Å²) >= 11 is 4.53. The average molecular weight is 464 g/mol. The second-order valence-corrected chi connectivity index (χ2v) is 9.39. The molecule has 0 aliphatic heterocycles. The molecule has 5 nitrogen and oxygen atoms in total. The van der Waals surface area contributed by atoms with Gasteiger partial charge >= 0.3 is 0 Å². The van der Waals surface area contributed by atoms with Crippen molar-refractivity contribution in [3.63, 3.8) is 0 Å². The molecular weight excluding hydrogens is 434 g/mol. The van der Waals surface area contributed by atoms with E-state index in [1.165, 1.54) is 46.5 Å². The quantitative estimate of drug-likeness (QED) is 0.219. The van der Waals surface area contributed by atoms with Gasteiger partial charge in [0.2, 0.25) is 5.91 Å². The summed E-state index contributed by atoms with van der Waals surface area (Å²) in [7, 11) is 0. The van der Waals surface area contributed by atoms with E-state index in [0.29, 0.717) is 11.3 Å². The first-order chi connectivity index (χ1) is 14.6. The molecule has 162 valence electrons. The van der Waals surface area contributed by atoms with Crippen LogP contribution in [0.3, 0.4) is 0 Å². The fraction of sp³-hybridized carbons (Fsp3) is 0.455. The maximum absolute atomic E-state index is 12.4. The molecule has 0 bridgehead atoms. The van der Waals surface area contributed by atoms with Crippen LogP contribution in [0.15, 0.2) is 27.6 Å². The fourth-order valence-corrected chi connectivity index (χ4v) is 5.96. The largest absolute Gasteiger partial charge is 0.320 e. The zero-order chi connectivity index (χ0) is 21.9. The Bertz CT molecular complexity index is 935. The Morgan fingerprint density at radius 2 is 2.07 bits per heavy atom. The first-order valence-electron chi connectivity index (χ1n) is 10.3. The Morgan fingerprint density at radius 3 is 2.80 bits per heavy atom. The maximum Gasteiger partial charge on any atom is 0.235 e. The molecule has 0 radical (unpaired) electrons. The van der Waals surface area contributed by atoms with Crippen LogP contribution in [0.2, 0.25) is 0 Å². The summed E-state index contributed by atoms with van der Waals surface area (Å²) in [6.07, 6.45) is 9.49. The van der Waals surface area contributed by atoms with Gasteiger partial charge in [-0.3, -0.25) is 9.59 Å². The lowest BCUT2D eigenvalue weighted by Crippen LogP contribution is -2.23. The third-order valence-electron chi connectivity index (χ3n) is 4.21. The molecule has 1 amide bonds. The van der Waals surface area contributed by atoms with E-state index in [9.17, 15) is 9.59 Å². The van der Waals surface area contributed by atoms with Gasteiger partial charge in [-0.15, -0.1) is 11.3 Å². The number of aldehydes is 1. The van der Waals surface area contributed by atoms with E-state index in [1.54, 1.807) is 11.3 Å². The summed E-state index contributed by atoms with van der Waals surface area (Å²) in [4.78, 5) is 34.9. The third kappa shape index (κ3) is 6.68. The minimum atomic E-state index is -0.147. The molecule has 0 atom stereocenters. The standard InChI is InChI=1S/C20H23N3O2S3.C2H6/c1-3-4-5-11-26-17(9-10-24)23-16(25)12-27-19-18-14-7-6-8-15(14)28-20(18)22-13(2)21-19;1-2/h5,9-11H,3-4,6-8,12H2,1-2H3,(H,23,25);1-2H3/b11-5+,17-9+;. The van der Waals surface area contributed by atoms with Gasteiger partial charge in [-0.05, 0) is 43.6 Å². The number of aryl methyl sites for hydroxylation is 3. The number of unbranched alkanes of at least 4 members (excludes halogenated alkanes) is 1. The molecule has 30 heavy (non-hydrogen) atoms. The first kappa shape index (κ1) is 24.6. The highest BCUT2D eigenvalue weighted by molar-refractivity contribution is 8.05. The second-order valence-electron chi connectivity index (χ2n) is 6.40. The van der Waals surface area contributed by atoms with E-state index in [2.05, 4.69) is 22.2 Å². The summed E-state index contributed by atoms with van der Waals surface area (Å²) in [5.74, 6) is 0.824. The van der Waals surface area contributed by atoms with E-state index >= 15 is 0 Å². The van der Waals surface area contributed by atoms with E-state index < -0.39 is 0 Å². The summed E-state index contributed by atoms with van der Waals surface area (Å²) in [5, 5.41) is 7.26. The Labute approximate surface area is 191 Å². The topological polar surface area (TPSA) is 72.0 Å². The first-order valence-corrected chi connectivity index (χ1v) is 13.0. The number of amides is 1. The van der Waals surface area contributed by atoms with Gasteiger partial charge in [-0.1, -0.05) is 56.8 Å². The molecule has 1 aliphatic rings. The van der Waals surface area contributed by atoms with E-state index in [-0.39, 0.29) is 11.7 Å². The molecule has 8 heteroatoms. The lowest BCUT2D eigenvalue weighted by atomic mass is 10.2. The van der Waals surface area contributed by atoms with Gasteiger partial charge < -0.3 is 5.32 Å². The molecule has 1 N–H and O–H groups in total. The van der Waals surface area contributed by atoms with Crippen LogP contribution >= 0.6 is 34.9 Å². The summed E-state index contributed by atoms with van der Waals surface area (Å²) in [6, 6.07) is 0. The molecule has 0 aromatic carbocycles. The zero-order valence-corrected chi connectivity index (χ0v) is 20.4. The van der Waals surface area contributed by atoms with Crippen molar-refractivity contribution in [1.82, 2.24) is 15.3 Å². The Balaban J connectivity index is 0.00000155. The van der Waals surface area contributed by atoms with Crippen molar-refractivity contribution >= 4 is 57.3 Å². The van der Waals surface area contributed by atoms with E-state index in [0.717, 1.165) is 46.8 Å². The molecular formula is C22H29N3O2S3. The number of hydrogen-bond acceptors (Lipinski definition) is 7. The van der Waals surface area contributed by atoms with Crippen LogP contribution in [0.1, 0.15) is 56.3 Å². The fourth-order valence-electron chi connectivity index (χ4n) is 3.00. The Morgan fingerprint density at radius 1 is 1.27 bits per heavy atom. The average Bonchev–Trinajstić information content (AvgIpc) is 3.31. The van der Waals surface area contributed by atoms with Crippen LogP contribution in [0.5, 0.6) is 0 Å². The minimum Gasteiger partial charge on any atom is -0.320 e. The number of aromatic nitrogens is 2. The number of nitrogens with zero attached hydrogens (tertiary/aromatic N) is 2. The number of carbonyl (C=O) groups is 2. The summed E-state index contributed by atoms with van der Waals surface area (Å²) in [6.45, 7) is 7.99. The molecule has 0 saturated heterocycles. The number of rotatable bonds is 9. The number of carbonyl (C=O) groups excluding carboxylic acids is 2. The van der Waals surface area contributed by atoms with Gasteiger partial charge in [0, 0.05) is 16.3 Å². The lowest BCUT2D eigenvalue weighted by molar-refractivity contribution is -0.117. The van der Waals surface area contributed by atoms with Crippen molar-refractivity contribution in [2.75, 3.05) is 5.75 Å². The van der Waals surface area contributed by atoms with Crippen LogP contribution in [0.25, 0.3) is 10.2 Å². The second kappa shape index (κ2) is 12.9. The normalized spacial score (nSPS) is 13.3. The highest BCUT2D eigenvalue weighted by Crippen LogP contribution is 2.40. The van der Waals surface area contributed by atoms with Crippen molar-refractivity contribution in [1.29, 1.82) is 0 Å². The van der Waals surface area contributed by atoms with Gasteiger partial charge in [0.25, 0.3) is 0 Å². The Hall–Kier alpha value is -1.64. The monoisotopic (exact) mass is 463 g/mol. The predicted molar refractivity (Wildman–Crippen MR) is 130 cm³/mol. The number of allylic oxidation sites excluding steroid dienone is 2. The molecule has 2 aromatic rings. The molecule has 2 aromatic heterocycles. The number of thiophene rings is 1. The molecule has 1 aliphatic carbocycles. The van der Waals surface area contributed by atoms with Crippen molar-refractivity contribution < 1.29 is 9.59 Å². The van der Waals surface area contributed by atoms with Crippen molar-refractivity contribution in [3.8, 4) is 0 Å². The third-order valence-corrected chi connectivity index (χ3v) is 7.19. The van der Waals surface area contributed by atoms with Crippen molar-refractivity contribution in [2.24, 2.45) is 0 Å². The lowest BCUT2D eigenvalue weighted by Gasteiger charge is -2.08. The van der Waals surface area contributed by atoms with E-state index in [4.69, 9.17) is 0 Å². The molecule has 0 fully saturated rings. The number of thioether (sulfide) groups is 2. The minimum absolute atomic E-state index is 0.147. The smallest absolute Gasteiger partial charge is 0.235 e. The van der Waals surface area contributed by atoms with Gasteiger partial charge in [0.15, 0.2) is 0 Å². The van der Waals surface area contributed by atoms with Crippen LogP contribution in [-0.2, 0) is 22.4 Å². The molecule has 0 spiro atoms. The van der Waals surface area contributed by atoms with Gasteiger partial charge in [-0.2, -0.15) is 0 Å². The van der Waals surface area contributed by atoms with E-state index in [1.807, 2.05) is 32.3 Å². The Kier molecular flexibility index (Phi) is 10.6. The summed E-state index contributed by atoms with van der Waals surface area (Å²) in [5.41, 5.74) is 1.36. The predicted octanol–water partition coefficient (Wildman–Crippen LogP) is 5.81. The summed E-state index contributed by atoms with van der Waals surface area (Å²) < 4.78 is 0. The highest BCUT2D eigenvalue weighted by atomic mass is 32.2. The number of hydrogen-bond donors (Lipinski definition) is 1. The van der Waals surface area contributed by atoms with Crippen LogP contribution in [0.4, 0.5) is 0 Å². The molecule has 3 rings (SSSR count). The number of fused-ring (bicyclic) bond motifs is 3. The molecule has 2 heterocycles. The molecule has 0 unspecified atom stereocenters. The van der Waals surface area contributed by atoms with Gasteiger partial charge in [-0.25, -0.2) is 9.97 Å². The SMILES string of the molecule is CC.CCC/C=C/S/C(=C/C=O)NC(=O)CSc1nc(C)nc2sc3c(c12)CCC3. The number of nitrogens with one attached hydrogen (secondary N) is 1. The molecule has 0 saturated carbocycles. The zero-order valence-electron chi connectivity index (χ0n) is 18.0. The van der Waals surface area contributed by atoms with Crippen molar-refractivity contribution in [2.45, 2.75) is 64.8 Å². The maximum atomic E-state index is 12.4. The van der Waals surface area contributed by atoms with Crippen LogP contribution in [-0.4, -0.2) is 27.9 Å². The van der Waals surface area contributed by atoms with Crippen molar-refractivity contribution in [3.05, 3.63) is 38.9 Å². The highest BCUT2D eigenvalue weighted by Gasteiger charge is 2.22.